The quantitative estimate of drug-likeness (QED) is 0.173. The molecular weight excluding hydrogens is 816 g/mol. The maximum absolute atomic E-state index is 6.59. The predicted molar refractivity (Wildman–Crippen MR) is 244 cm³/mol. The number of fused-ring (bicyclic) bond motifs is 14. The summed E-state index contributed by atoms with van der Waals surface area (Å²) < 4.78 is 14.9. The summed E-state index contributed by atoms with van der Waals surface area (Å²) in [6, 6.07) is 63.9. The zero-order valence-corrected chi connectivity index (χ0v) is 33.1. The molecule has 0 bridgehead atoms. The van der Waals surface area contributed by atoms with E-state index in [1.807, 2.05) is 0 Å². The first-order valence-corrected chi connectivity index (χ1v) is 20.2. The smallest absolute Gasteiger partial charge is 0.137 e. The van der Waals surface area contributed by atoms with E-state index in [9.17, 15) is 0 Å². The van der Waals surface area contributed by atoms with Gasteiger partial charge in [-0.15, -0.1) is 0 Å². The third-order valence-electron chi connectivity index (χ3n) is 11.0. The molecule has 2 aromatic heterocycles. The van der Waals surface area contributed by atoms with Crippen molar-refractivity contribution in [2.24, 2.45) is 0 Å². The van der Waals surface area contributed by atoms with Crippen LogP contribution in [0.1, 0.15) is 0 Å². The molecule has 0 N–H and O–H groups in total. The van der Waals surface area contributed by atoms with Gasteiger partial charge in [-0.2, -0.15) is 0 Å². The molecular formula is C52H30Br2O2. The molecule has 0 aliphatic carbocycles. The van der Waals surface area contributed by atoms with Crippen LogP contribution in [0.4, 0.5) is 0 Å². The van der Waals surface area contributed by atoms with Gasteiger partial charge in [0.15, 0.2) is 0 Å². The maximum Gasteiger partial charge on any atom is 0.137 e. The SMILES string of the molecule is Brc1cc2oc3cc(Br)c4ccccc4c3c2c2ccccc12.c1ccc(-c2cc3oc4cc(-c5ccccc5)c5ccccc5c4c3c3ccccc23)cc1. The molecule has 0 aliphatic rings. The molecule has 0 radical (unpaired) electrons. The van der Waals surface area contributed by atoms with Crippen molar-refractivity contribution in [3.05, 3.63) is 191 Å². The first-order chi connectivity index (χ1) is 27.6. The molecule has 264 valence electrons. The zero-order chi connectivity index (χ0) is 37.3. The van der Waals surface area contributed by atoms with Gasteiger partial charge in [-0.3, -0.25) is 0 Å². The highest BCUT2D eigenvalue weighted by Gasteiger charge is 2.19. The number of hydrogen-bond acceptors (Lipinski definition) is 2. The van der Waals surface area contributed by atoms with Crippen LogP contribution in [0.5, 0.6) is 0 Å². The van der Waals surface area contributed by atoms with E-state index in [4.69, 9.17) is 8.83 Å². The van der Waals surface area contributed by atoms with Crippen LogP contribution in [0.3, 0.4) is 0 Å². The molecule has 0 saturated heterocycles. The van der Waals surface area contributed by atoms with Crippen molar-refractivity contribution in [2.75, 3.05) is 0 Å². The van der Waals surface area contributed by atoms with Crippen LogP contribution in [0.15, 0.2) is 200 Å². The largest absolute Gasteiger partial charge is 0.456 e. The zero-order valence-electron chi connectivity index (χ0n) is 29.9. The summed E-state index contributed by atoms with van der Waals surface area (Å²) in [5, 5.41) is 14.5. The molecule has 10 aromatic carbocycles. The van der Waals surface area contributed by atoms with E-state index in [0.717, 1.165) is 31.3 Å². The van der Waals surface area contributed by atoms with Gasteiger partial charge in [-0.25, -0.2) is 0 Å². The lowest BCUT2D eigenvalue weighted by Crippen LogP contribution is -1.84. The summed E-state index contributed by atoms with van der Waals surface area (Å²) in [7, 11) is 0. The van der Waals surface area contributed by atoms with Crippen molar-refractivity contribution in [1.82, 2.24) is 0 Å². The Bertz CT molecular complexity index is 3260. The monoisotopic (exact) mass is 844 g/mol. The van der Waals surface area contributed by atoms with Gasteiger partial charge in [0.2, 0.25) is 0 Å². The molecule has 0 atom stereocenters. The fraction of sp³-hybridized carbons (Fsp3) is 0. The van der Waals surface area contributed by atoms with Crippen LogP contribution in [-0.4, -0.2) is 0 Å². The fourth-order valence-corrected chi connectivity index (χ4v) is 9.72. The van der Waals surface area contributed by atoms with Gasteiger partial charge < -0.3 is 8.83 Å². The molecule has 0 saturated carbocycles. The lowest BCUT2D eigenvalue weighted by atomic mass is 9.92. The Hall–Kier alpha value is -6.20. The fourth-order valence-electron chi connectivity index (χ4n) is 8.62. The van der Waals surface area contributed by atoms with E-state index < -0.39 is 0 Å². The van der Waals surface area contributed by atoms with Crippen molar-refractivity contribution < 1.29 is 8.83 Å². The molecule has 2 nitrogen and oxygen atoms in total. The van der Waals surface area contributed by atoms with E-state index in [1.54, 1.807) is 0 Å². The first kappa shape index (κ1) is 33.2. The minimum atomic E-state index is 0.911. The van der Waals surface area contributed by atoms with Crippen molar-refractivity contribution in [3.8, 4) is 22.3 Å². The lowest BCUT2D eigenvalue weighted by molar-refractivity contribution is 0.669. The van der Waals surface area contributed by atoms with Crippen molar-refractivity contribution in [3.63, 3.8) is 0 Å². The number of rotatable bonds is 2. The number of hydrogen-bond donors (Lipinski definition) is 0. The Morgan fingerprint density at radius 3 is 0.893 bits per heavy atom. The second-order valence-corrected chi connectivity index (χ2v) is 15.9. The van der Waals surface area contributed by atoms with E-state index in [-0.39, 0.29) is 0 Å². The van der Waals surface area contributed by atoms with E-state index in [2.05, 4.69) is 214 Å². The Balaban J connectivity index is 0.000000138. The van der Waals surface area contributed by atoms with Gasteiger partial charge in [-0.05, 0) is 89.6 Å². The number of halogens is 2. The molecule has 0 unspecified atom stereocenters. The second kappa shape index (κ2) is 13.2. The minimum Gasteiger partial charge on any atom is -0.456 e. The van der Waals surface area contributed by atoms with Crippen molar-refractivity contribution in [1.29, 1.82) is 0 Å². The van der Waals surface area contributed by atoms with Crippen LogP contribution in [-0.2, 0) is 0 Å². The highest BCUT2D eigenvalue weighted by Crippen LogP contribution is 2.46. The molecule has 0 spiro atoms. The summed E-state index contributed by atoms with van der Waals surface area (Å²) in [5.74, 6) is 0. The summed E-state index contributed by atoms with van der Waals surface area (Å²) in [4.78, 5) is 0. The summed E-state index contributed by atoms with van der Waals surface area (Å²) in [5.41, 5.74) is 8.48. The Kier molecular flexibility index (Phi) is 7.84. The minimum absolute atomic E-state index is 0.911. The first-order valence-electron chi connectivity index (χ1n) is 18.6. The van der Waals surface area contributed by atoms with Gasteiger partial charge in [0.05, 0.1) is 0 Å². The third-order valence-corrected chi connectivity index (χ3v) is 12.4. The van der Waals surface area contributed by atoms with Crippen molar-refractivity contribution >= 4 is 119 Å². The normalized spacial score (nSPS) is 11.8. The molecule has 56 heavy (non-hydrogen) atoms. The van der Waals surface area contributed by atoms with Crippen LogP contribution in [0, 0.1) is 0 Å². The van der Waals surface area contributed by atoms with Gasteiger partial charge in [0, 0.05) is 30.5 Å². The highest BCUT2D eigenvalue weighted by molar-refractivity contribution is 9.11. The Morgan fingerprint density at radius 1 is 0.268 bits per heavy atom. The standard InChI is InChI=1S/C32H20O.C20H10Br2O/c1-3-11-21(12-4-1)27-19-29-31(25-17-9-7-15-23(25)27)32-26-18-10-8-16-24(26)28(20-30(32)33-29)22-13-5-2-6-14-22;21-15-9-17-19(13-7-3-1-5-11(13)15)20-14-8-4-2-6-12(14)16(22)10-18(20)23-17/h1-20H;1-10H. The number of furan rings is 2. The topological polar surface area (TPSA) is 26.3 Å². The molecule has 2 heterocycles. The second-order valence-electron chi connectivity index (χ2n) is 14.2. The predicted octanol–water partition coefficient (Wildman–Crippen LogP) is 16.6. The van der Waals surface area contributed by atoms with Gasteiger partial charge in [-0.1, -0.05) is 190 Å². The van der Waals surface area contributed by atoms with Crippen molar-refractivity contribution in [2.45, 2.75) is 0 Å². The van der Waals surface area contributed by atoms with E-state index in [1.165, 1.54) is 86.9 Å². The Labute approximate surface area is 338 Å². The van der Waals surface area contributed by atoms with Gasteiger partial charge in [0.1, 0.15) is 22.3 Å². The summed E-state index contributed by atoms with van der Waals surface area (Å²) >= 11 is 7.34. The highest BCUT2D eigenvalue weighted by atomic mass is 79.9. The average Bonchev–Trinajstić information content (AvgIpc) is 3.82. The maximum atomic E-state index is 6.59. The van der Waals surface area contributed by atoms with Crippen LogP contribution < -0.4 is 0 Å². The third kappa shape index (κ3) is 5.21. The average molecular weight is 847 g/mol. The van der Waals surface area contributed by atoms with E-state index in [0.29, 0.717) is 0 Å². The summed E-state index contributed by atoms with van der Waals surface area (Å²) in [6.07, 6.45) is 0. The van der Waals surface area contributed by atoms with Crippen LogP contribution in [0.2, 0.25) is 0 Å². The molecule has 12 rings (SSSR count). The van der Waals surface area contributed by atoms with Gasteiger partial charge >= 0.3 is 0 Å². The Morgan fingerprint density at radius 2 is 0.536 bits per heavy atom. The van der Waals surface area contributed by atoms with Crippen LogP contribution >= 0.6 is 31.9 Å². The lowest BCUT2D eigenvalue weighted by Gasteiger charge is -2.10. The van der Waals surface area contributed by atoms with Crippen LogP contribution in [0.25, 0.3) is 109 Å². The molecule has 0 fully saturated rings. The van der Waals surface area contributed by atoms with E-state index >= 15 is 0 Å². The summed E-state index contributed by atoms with van der Waals surface area (Å²) in [6.45, 7) is 0. The molecule has 0 amide bonds. The molecule has 4 heteroatoms. The van der Waals surface area contributed by atoms with Gasteiger partial charge in [0.25, 0.3) is 0 Å². The number of benzene rings is 10. The molecule has 12 aromatic rings. The molecule has 0 aliphatic heterocycles.